The minimum atomic E-state index is -0.458. The maximum atomic E-state index is 12.9. The van der Waals surface area contributed by atoms with E-state index in [-0.39, 0.29) is 5.82 Å². The van der Waals surface area contributed by atoms with E-state index in [4.69, 9.17) is 5.73 Å². The molecule has 4 nitrogen and oxygen atoms in total. The van der Waals surface area contributed by atoms with E-state index in [1.165, 1.54) is 12.1 Å². The van der Waals surface area contributed by atoms with Crippen molar-refractivity contribution in [3.05, 3.63) is 71.8 Å². The highest BCUT2D eigenvalue weighted by molar-refractivity contribution is 5.54. The molecule has 3 N–H and O–H groups in total. The third-order valence-electron chi connectivity index (χ3n) is 3.06. The zero-order valence-corrected chi connectivity index (χ0v) is 10.6. The summed E-state index contributed by atoms with van der Waals surface area (Å²) in [4.78, 5) is 4.39. The lowest BCUT2D eigenvalue weighted by Gasteiger charge is -2.07. The van der Waals surface area contributed by atoms with Crippen LogP contribution in [0.1, 0.15) is 17.4 Å². The van der Waals surface area contributed by atoms with Gasteiger partial charge in [0.25, 0.3) is 0 Å². The lowest BCUT2D eigenvalue weighted by molar-refractivity contribution is 0.626. The molecule has 1 atom stereocenters. The normalized spacial score (nSPS) is 12.3. The summed E-state index contributed by atoms with van der Waals surface area (Å²) in [7, 11) is 0. The number of H-pyrrole nitrogens is 1. The van der Waals surface area contributed by atoms with Crippen LogP contribution in [0.4, 0.5) is 4.39 Å². The van der Waals surface area contributed by atoms with Gasteiger partial charge in [0.2, 0.25) is 0 Å². The van der Waals surface area contributed by atoms with Crippen molar-refractivity contribution in [3.8, 4) is 11.4 Å². The highest BCUT2D eigenvalue weighted by Crippen LogP contribution is 2.20. The van der Waals surface area contributed by atoms with Crippen molar-refractivity contribution in [2.75, 3.05) is 0 Å². The van der Waals surface area contributed by atoms with E-state index >= 15 is 0 Å². The molecular weight excluding hydrogens is 255 g/mol. The molecule has 0 aliphatic rings. The second kappa shape index (κ2) is 5.22. The maximum Gasteiger partial charge on any atom is 0.181 e. The van der Waals surface area contributed by atoms with Crippen LogP contribution in [0.5, 0.6) is 0 Å². The molecular formula is C15H13FN4. The number of hydrogen-bond acceptors (Lipinski definition) is 3. The van der Waals surface area contributed by atoms with Crippen molar-refractivity contribution in [1.82, 2.24) is 15.2 Å². The molecule has 0 fully saturated rings. The Labute approximate surface area is 115 Å². The van der Waals surface area contributed by atoms with E-state index in [0.29, 0.717) is 11.6 Å². The molecule has 20 heavy (non-hydrogen) atoms. The fourth-order valence-electron chi connectivity index (χ4n) is 1.96. The van der Waals surface area contributed by atoms with Crippen molar-refractivity contribution >= 4 is 0 Å². The Kier molecular flexibility index (Phi) is 3.26. The van der Waals surface area contributed by atoms with Crippen molar-refractivity contribution < 1.29 is 4.39 Å². The lowest BCUT2D eigenvalue weighted by atomic mass is 10.1. The Hall–Kier alpha value is -2.53. The van der Waals surface area contributed by atoms with Crippen molar-refractivity contribution in [2.24, 2.45) is 5.73 Å². The minimum Gasteiger partial charge on any atom is -0.318 e. The maximum absolute atomic E-state index is 12.9. The molecule has 0 saturated carbocycles. The number of nitrogens with one attached hydrogen (secondary N) is 1. The number of hydrogen-bond donors (Lipinski definition) is 2. The van der Waals surface area contributed by atoms with Crippen LogP contribution in [-0.4, -0.2) is 15.2 Å². The van der Waals surface area contributed by atoms with Gasteiger partial charge in [0, 0.05) is 5.56 Å². The smallest absolute Gasteiger partial charge is 0.181 e. The highest BCUT2D eigenvalue weighted by Gasteiger charge is 2.14. The first-order valence-electron chi connectivity index (χ1n) is 6.23. The number of rotatable bonds is 3. The second-order valence-electron chi connectivity index (χ2n) is 4.44. The van der Waals surface area contributed by atoms with Crippen molar-refractivity contribution in [2.45, 2.75) is 6.04 Å². The molecule has 5 heteroatoms. The van der Waals surface area contributed by atoms with Gasteiger partial charge in [0.1, 0.15) is 11.6 Å². The van der Waals surface area contributed by atoms with Crippen LogP contribution in [0.3, 0.4) is 0 Å². The first-order valence-corrected chi connectivity index (χ1v) is 6.23. The molecule has 0 spiro atoms. The van der Waals surface area contributed by atoms with Gasteiger partial charge in [-0.05, 0) is 17.7 Å². The summed E-state index contributed by atoms with van der Waals surface area (Å²) in [6.45, 7) is 0. The van der Waals surface area contributed by atoms with E-state index in [2.05, 4.69) is 15.2 Å². The summed E-state index contributed by atoms with van der Waals surface area (Å²) in [5, 5.41) is 7.00. The summed E-state index contributed by atoms with van der Waals surface area (Å²) in [6, 6.07) is 15.2. The highest BCUT2D eigenvalue weighted by atomic mass is 19.1. The van der Waals surface area contributed by atoms with Gasteiger partial charge in [-0.25, -0.2) is 9.37 Å². The second-order valence-corrected chi connectivity index (χ2v) is 4.44. The van der Waals surface area contributed by atoms with Crippen LogP contribution in [-0.2, 0) is 0 Å². The predicted molar refractivity (Wildman–Crippen MR) is 74.2 cm³/mol. The van der Waals surface area contributed by atoms with E-state index in [0.717, 1.165) is 11.1 Å². The third-order valence-corrected chi connectivity index (χ3v) is 3.06. The van der Waals surface area contributed by atoms with Crippen LogP contribution >= 0.6 is 0 Å². The zero-order chi connectivity index (χ0) is 13.9. The van der Waals surface area contributed by atoms with Gasteiger partial charge in [0.05, 0.1) is 6.04 Å². The van der Waals surface area contributed by atoms with Gasteiger partial charge in [-0.1, -0.05) is 42.5 Å². The summed E-state index contributed by atoms with van der Waals surface area (Å²) >= 11 is 0. The number of halogens is 1. The van der Waals surface area contributed by atoms with Gasteiger partial charge < -0.3 is 5.73 Å². The number of aromatic amines is 1. The van der Waals surface area contributed by atoms with E-state index in [1.54, 1.807) is 12.1 Å². The number of nitrogens with zero attached hydrogens (tertiary/aromatic N) is 2. The predicted octanol–water partition coefficient (Wildman–Crippen LogP) is 2.66. The van der Waals surface area contributed by atoms with Gasteiger partial charge in [-0.15, -0.1) is 0 Å². The third kappa shape index (κ3) is 2.44. The largest absolute Gasteiger partial charge is 0.318 e. The topological polar surface area (TPSA) is 67.6 Å². The number of benzene rings is 2. The van der Waals surface area contributed by atoms with Crippen LogP contribution in [0.2, 0.25) is 0 Å². The summed E-state index contributed by atoms with van der Waals surface area (Å²) < 4.78 is 12.9. The van der Waals surface area contributed by atoms with Gasteiger partial charge in [-0.2, -0.15) is 5.10 Å². The number of nitrogens with two attached hydrogens (primary N) is 1. The lowest BCUT2D eigenvalue weighted by Crippen LogP contribution is -2.13. The molecule has 0 bridgehead atoms. The average Bonchev–Trinajstić information content (AvgIpc) is 2.98. The molecule has 0 aliphatic heterocycles. The van der Waals surface area contributed by atoms with E-state index in [9.17, 15) is 4.39 Å². The summed E-state index contributed by atoms with van der Waals surface area (Å²) in [5.74, 6) is 0.858. The van der Waals surface area contributed by atoms with Crippen molar-refractivity contribution in [1.29, 1.82) is 0 Å². The Morgan fingerprint density at radius 1 is 1.00 bits per heavy atom. The minimum absolute atomic E-state index is 0.288. The van der Waals surface area contributed by atoms with Gasteiger partial charge >= 0.3 is 0 Å². The fraction of sp³-hybridized carbons (Fsp3) is 0.0667. The standard InChI is InChI=1S/C15H13FN4/c16-12-8-6-10(7-9-12)13(17)15-18-14(19-20-15)11-4-2-1-3-5-11/h1-9,13H,17H2,(H,18,19,20)/t13-/m1/s1. The first kappa shape index (κ1) is 12.5. The molecule has 0 aliphatic carbocycles. The Bertz CT molecular complexity index is 691. The van der Waals surface area contributed by atoms with Crippen LogP contribution < -0.4 is 5.73 Å². The Morgan fingerprint density at radius 2 is 1.70 bits per heavy atom. The van der Waals surface area contributed by atoms with Gasteiger partial charge in [-0.3, -0.25) is 5.10 Å². The fourth-order valence-corrected chi connectivity index (χ4v) is 1.96. The SMILES string of the molecule is N[C@H](c1ccc(F)cc1)c1nc(-c2ccccc2)n[nH]1. The molecule has 0 amide bonds. The molecule has 1 aromatic heterocycles. The molecule has 3 aromatic rings. The molecule has 0 radical (unpaired) electrons. The summed E-state index contributed by atoms with van der Waals surface area (Å²) in [5.41, 5.74) is 7.80. The van der Waals surface area contributed by atoms with Crippen LogP contribution in [0.25, 0.3) is 11.4 Å². The van der Waals surface area contributed by atoms with Crippen LogP contribution in [0.15, 0.2) is 54.6 Å². The molecule has 0 saturated heterocycles. The Morgan fingerprint density at radius 3 is 2.40 bits per heavy atom. The zero-order valence-electron chi connectivity index (χ0n) is 10.6. The van der Waals surface area contributed by atoms with E-state index < -0.39 is 6.04 Å². The quantitative estimate of drug-likeness (QED) is 0.767. The molecule has 100 valence electrons. The monoisotopic (exact) mass is 268 g/mol. The Balaban J connectivity index is 1.88. The molecule has 3 rings (SSSR count). The van der Waals surface area contributed by atoms with Crippen molar-refractivity contribution in [3.63, 3.8) is 0 Å². The summed E-state index contributed by atoms with van der Waals surface area (Å²) in [6.07, 6.45) is 0. The molecule has 1 heterocycles. The van der Waals surface area contributed by atoms with E-state index in [1.807, 2.05) is 30.3 Å². The molecule has 0 unspecified atom stereocenters. The molecule has 2 aromatic carbocycles. The number of aromatic nitrogens is 3. The first-order chi connectivity index (χ1) is 9.74. The average molecular weight is 268 g/mol. The van der Waals surface area contributed by atoms with Crippen LogP contribution in [0, 0.1) is 5.82 Å². The van der Waals surface area contributed by atoms with Gasteiger partial charge in [0.15, 0.2) is 5.82 Å².